The lowest BCUT2D eigenvalue weighted by Crippen LogP contribution is -1.84. The molecule has 4 heteroatoms. The lowest BCUT2D eigenvalue weighted by molar-refractivity contribution is 1.46. The Hall–Kier alpha value is -0.400. The van der Waals surface area contributed by atoms with Gasteiger partial charge in [-0.25, -0.2) is 0 Å². The summed E-state index contributed by atoms with van der Waals surface area (Å²) in [5.41, 5.74) is 2.74. The number of rotatable bonds is 1. The summed E-state index contributed by atoms with van der Waals surface area (Å²) in [6.07, 6.45) is 0. The molecule has 88 valence electrons. The summed E-state index contributed by atoms with van der Waals surface area (Å²) in [4.78, 5) is 0. The minimum atomic E-state index is 0.446. The second-order valence-corrected chi connectivity index (χ2v) is 5.34. The number of hydrogen-bond donors (Lipinski definition) is 0. The first-order valence-electron chi connectivity index (χ1n) is 4.90. The highest BCUT2D eigenvalue weighted by molar-refractivity contribution is 6.45. The van der Waals surface area contributed by atoms with Crippen LogP contribution in [0.5, 0.6) is 0 Å². The summed E-state index contributed by atoms with van der Waals surface area (Å²) in [5, 5.41) is 2.22. The van der Waals surface area contributed by atoms with Crippen molar-refractivity contribution in [1.82, 2.24) is 0 Å². The van der Waals surface area contributed by atoms with E-state index < -0.39 is 0 Å². The predicted octanol–water partition coefficient (Wildman–Crippen LogP) is 6.28. The average molecular weight is 306 g/mol. The Balaban J connectivity index is 2.64. The van der Waals surface area contributed by atoms with Gasteiger partial charge in [-0.1, -0.05) is 52.5 Å². The fraction of sp³-hybridized carbons (Fsp3) is 0.0769. The fourth-order valence-corrected chi connectivity index (χ4v) is 2.41. The maximum Gasteiger partial charge on any atom is 0.0671 e. The van der Waals surface area contributed by atoms with Gasteiger partial charge in [0.05, 0.1) is 10.0 Å². The molecule has 0 bridgehead atoms. The molecule has 0 fully saturated rings. The van der Waals surface area contributed by atoms with Crippen molar-refractivity contribution in [1.29, 1.82) is 0 Å². The highest BCUT2D eigenvalue weighted by Gasteiger charge is 2.10. The van der Waals surface area contributed by atoms with Crippen LogP contribution in [0, 0.1) is 6.92 Å². The van der Waals surface area contributed by atoms with Crippen molar-refractivity contribution in [3.63, 3.8) is 0 Å². The fourth-order valence-electron chi connectivity index (χ4n) is 1.58. The summed E-state index contributed by atoms with van der Waals surface area (Å²) in [6, 6.07) is 9.09. The number of aryl methyl sites for hydroxylation is 1. The van der Waals surface area contributed by atoms with Crippen LogP contribution in [-0.4, -0.2) is 0 Å². The maximum atomic E-state index is 6.17. The van der Waals surface area contributed by atoms with E-state index in [0.717, 1.165) is 21.7 Å². The monoisotopic (exact) mass is 304 g/mol. The summed E-state index contributed by atoms with van der Waals surface area (Å²) in [7, 11) is 0. The van der Waals surface area contributed by atoms with Gasteiger partial charge >= 0.3 is 0 Å². The van der Waals surface area contributed by atoms with Gasteiger partial charge in [0, 0.05) is 15.6 Å². The molecule has 0 spiro atoms. The van der Waals surface area contributed by atoms with Crippen LogP contribution in [-0.2, 0) is 0 Å². The Kier molecular flexibility index (Phi) is 3.89. The van der Waals surface area contributed by atoms with Gasteiger partial charge < -0.3 is 0 Å². The molecule has 0 radical (unpaired) electrons. The van der Waals surface area contributed by atoms with Gasteiger partial charge in [-0.2, -0.15) is 0 Å². The first-order valence-corrected chi connectivity index (χ1v) is 6.41. The van der Waals surface area contributed by atoms with Crippen molar-refractivity contribution >= 4 is 46.4 Å². The molecule has 0 atom stereocenters. The minimum absolute atomic E-state index is 0.446. The molecule has 0 heterocycles. The zero-order valence-electron chi connectivity index (χ0n) is 8.90. The van der Waals surface area contributed by atoms with Crippen LogP contribution < -0.4 is 0 Å². The Morgan fingerprint density at radius 1 is 0.824 bits per heavy atom. The Morgan fingerprint density at radius 3 is 2.18 bits per heavy atom. The molecule has 0 aliphatic rings. The smallest absolute Gasteiger partial charge is 0.0671 e. The van der Waals surface area contributed by atoms with Crippen molar-refractivity contribution in [2.45, 2.75) is 6.92 Å². The van der Waals surface area contributed by atoms with Crippen molar-refractivity contribution < 1.29 is 0 Å². The second-order valence-electron chi connectivity index (χ2n) is 3.71. The van der Waals surface area contributed by atoms with Crippen LogP contribution in [0.4, 0.5) is 0 Å². The van der Waals surface area contributed by atoms with Crippen molar-refractivity contribution in [2.24, 2.45) is 0 Å². The number of halogens is 4. The molecule has 0 nitrogen and oxygen atoms in total. The zero-order chi connectivity index (χ0) is 12.6. The minimum Gasteiger partial charge on any atom is -0.0843 e. The van der Waals surface area contributed by atoms with Gasteiger partial charge in [0.2, 0.25) is 0 Å². The van der Waals surface area contributed by atoms with Gasteiger partial charge in [-0.3, -0.25) is 0 Å². The summed E-state index contributed by atoms with van der Waals surface area (Å²) in [5.74, 6) is 0. The van der Waals surface area contributed by atoms with Gasteiger partial charge in [-0.05, 0) is 42.3 Å². The van der Waals surface area contributed by atoms with E-state index in [1.165, 1.54) is 0 Å². The largest absolute Gasteiger partial charge is 0.0843 e. The van der Waals surface area contributed by atoms with E-state index in [1.54, 1.807) is 12.1 Å². The molecular weight excluding hydrogens is 298 g/mol. The van der Waals surface area contributed by atoms with E-state index >= 15 is 0 Å². The van der Waals surface area contributed by atoms with Gasteiger partial charge in [0.15, 0.2) is 0 Å². The summed E-state index contributed by atoms with van der Waals surface area (Å²) >= 11 is 24.1. The highest BCUT2D eigenvalue weighted by atomic mass is 35.5. The third-order valence-corrected chi connectivity index (χ3v) is 3.91. The molecule has 0 N–H and O–H groups in total. The highest BCUT2D eigenvalue weighted by Crippen LogP contribution is 2.37. The predicted molar refractivity (Wildman–Crippen MR) is 76.7 cm³/mol. The molecule has 0 saturated heterocycles. The molecule has 0 aromatic heterocycles. The van der Waals surface area contributed by atoms with Crippen molar-refractivity contribution in [2.75, 3.05) is 0 Å². The first-order chi connectivity index (χ1) is 7.99. The molecular formula is C13H8Cl4. The third kappa shape index (κ3) is 2.71. The lowest BCUT2D eigenvalue weighted by atomic mass is 10.0. The van der Waals surface area contributed by atoms with Crippen molar-refractivity contribution in [3.8, 4) is 11.1 Å². The van der Waals surface area contributed by atoms with Crippen LogP contribution in [0.25, 0.3) is 11.1 Å². The Labute approximate surface area is 120 Å². The Bertz CT molecular complexity index is 576. The molecule has 2 rings (SSSR count). The molecule has 17 heavy (non-hydrogen) atoms. The quantitative estimate of drug-likeness (QED) is 0.544. The van der Waals surface area contributed by atoms with E-state index in [-0.39, 0.29) is 0 Å². The lowest BCUT2D eigenvalue weighted by Gasteiger charge is -2.08. The van der Waals surface area contributed by atoms with Gasteiger partial charge in [-0.15, -0.1) is 0 Å². The van der Waals surface area contributed by atoms with E-state index in [4.69, 9.17) is 46.4 Å². The average Bonchev–Trinajstić information content (AvgIpc) is 2.27. The first kappa shape index (κ1) is 13.0. The molecule has 0 unspecified atom stereocenters. The van der Waals surface area contributed by atoms with Crippen LogP contribution >= 0.6 is 46.4 Å². The summed E-state index contributed by atoms with van der Waals surface area (Å²) in [6.45, 7) is 1.94. The summed E-state index contributed by atoms with van der Waals surface area (Å²) < 4.78 is 0. The van der Waals surface area contributed by atoms with Crippen LogP contribution in [0.1, 0.15) is 5.56 Å². The molecule has 0 saturated carbocycles. The van der Waals surface area contributed by atoms with E-state index in [2.05, 4.69) is 0 Å². The normalized spacial score (nSPS) is 10.6. The molecule has 0 aliphatic carbocycles. The molecule has 2 aromatic rings. The van der Waals surface area contributed by atoms with Gasteiger partial charge in [0.1, 0.15) is 0 Å². The second kappa shape index (κ2) is 5.07. The standard InChI is InChI=1S/C13H8Cl4/c1-7-4-8(2-3-11(7)15)10-5-9(14)6-12(16)13(10)17/h2-6H,1H3. The molecule has 0 amide bonds. The Morgan fingerprint density at radius 2 is 1.53 bits per heavy atom. The maximum absolute atomic E-state index is 6.17. The van der Waals surface area contributed by atoms with Gasteiger partial charge in [0.25, 0.3) is 0 Å². The third-order valence-electron chi connectivity index (χ3n) is 2.46. The topological polar surface area (TPSA) is 0 Å². The van der Waals surface area contributed by atoms with Crippen LogP contribution in [0.3, 0.4) is 0 Å². The number of benzene rings is 2. The van der Waals surface area contributed by atoms with E-state index in [9.17, 15) is 0 Å². The van der Waals surface area contributed by atoms with Crippen LogP contribution in [0.2, 0.25) is 20.1 Å². The van der Waals surface area contributed by atoms with Crippen LogP contribution in [0.15, 0.2) is 30.3 Å². The van der Waals surface area contributed by atoms with E-state index in [1.807, 2.05) is 25.1 Å². The SMILES string of the molecule is Cc1cc(-c2cc(Cl)cc(Cl)c2Cl)ccc1Cl. The molecule has 0 aliphatic heterocycles. The molecule has 2 aromatic carbocycles. The van der Waals surface area contributed by atoms with E-state index in [0.29, 0.717) is 15.1 Å². The number of hydrogen-bond acceptors (Lipinski definition) is 0. The zero-order valence-corrected chi connectivity index (χ0v) is 11.9. The van der Waals surface area contributed by atoms with Crippen molar-refractivity contribution in [3.05, 3.63) is 56.0 Å².